The SMILES string of the molecule is CC1(C)C(CNC(=O)NCC2CCC(C(=O)O)O2)C1(C)C. The quantitative estimate of drug-likeness (QED) is 0.719. The molecule has 0 aromatic carbocycles. The minimum Gasteiger partial charge on any atom is -0.479 e. The van der Waals surface area contributed by atoms with E-state index in [9.17, 15) is 9.59 Å². The molecule has 2 amide bonds. The highest BCUT2D eigenvalue weighted by atomic mass is 16.5. The molecule has 6 heteroatoms. The maximum atomic E-state index is 11.8. The lowest BCUT2D eigenvalue weighted by Gasteiger charge is -2.13. The fourth-order valence-electron chi connectivity index (χ4n) is 3.34. The lowest BCUT2D eigenvalue weighted by molar-refractivity contribution is -0.149. The second-order valence-corrected chi connectivity index (χ2v) is 7.25. The lowest BCUT2D eigenvalue weighted by atomic mass is 10.0. The van der Waals surface area contributed by atoms with Crippen LogP contribution in [0.1, 0.15) is 40.5 Å². The Hall–Kier alpha value is -1.30. The van der Waals surface area contributed by atoms with Crippen LogP contribution in [0.5, 0.6) is 0 Å². The Morgan fingerprint density at radius 1 is 1.10 bits per heavy atom. The highest BCUT2D eigenvalue weighted by molar-refractivity contribution is 5.74. The monoisotopic (exact) mass is 298 g/mol. The van der Waals surface area contributed by atoms with Crippen molar-refractivity contribution in [3.05, 3.63) is 0 Å². The minimum absolute atomic E-state index is 0.203. The van der Waals surface area contributed by atoms with Crippen LogP contribution in [0.15, 0.2) is 0 Å². The maximum Gasteiger partial charge on any atom is 0.332 e. The molecule has 0 aromatic heterocycles. The smallest absolute Gasteiger partial charge is 0.332 e. The van der Waals surface area contributed by atoms with E-state index in [1.54, 1.807) is 0 Å². The summed E-state index contributed by atoms with van der Waals surface area (Å²) in [5.74, 6) is -0.449. The van der Waals surface area contributed by atoms with Crippen LogP contribution in [0.4, 0.5) is 4.79 Å². The first-order valence-electron chi connectivity index (χ1n) is 7.56. The van der Waals surface area contributed by atoms with Gasteiger partial charge in [0.25, 0.3) is 0 Å². The molecular formula is C15H26N2O4. The standard InChI is InChI=1S/C15H26N2O4/c1-14(2)11(15(14,3)4)8-17-13(20)16-7-9-5-6-10(21-9)12(18)19/h9-11H,5-8H2,1-4H3,(H,18,19)(H2,16,17,20). The summed E-state index contributed by atoms with van der Waals surface area (Å²) in [5.41, 5.74) is 0.507. The number of hydrogen-bond donors (Lipinski definition) is 3. The Balaban J connectivity index is 1.64. The molecule has 120 valence electrons. The molecule has 0 radical (unpaired) electrons. The fraction of sp³-hybridized carbons (Fsp3) is 0.867. The number of carboxylic acids is 1. The molecule has 1 aliphatic heterocycles. The van der Waals surface area contributed by atoms with E-state index in [-0.39, 0.29) is 23.0 Å². The van der Waals surface area contributed by atoms with Gasteiger partial charge < -0.3 is 20.5 Å². The second kappa shape index (κ2) is 5.48. The number of aliphatic carboxylic acids is 1. The predicted molar refractivity (Wildman–Crippen MR) is 78.0 cm³/mol. The fourth-order valence-corrected chi connectivity index (χ4v) is 3.34. The van der Waals surface area contributed by atoms with E-state index < -0.39 is 12.1 Å². The molecule has 6 nitrogen and oxygen atoms in total. The van der Waals surface area contributed by atoms with Gasteiger partial charge in [-0.3, -0.25) is 0 Å². The molecule has 1 saturated carbocycles. The summed E-state index contributed by atoms with van der Waals surface area (Å²) in [6, 6.07) is -0.212. The zero-order chi connectivity index (χ0) is 15.8. The first-order valence-corrected chi connectivity index (χ1v) is 7.56. The van der Waals surface area contributed by atoms with E-state index in [2.05, 4.69) is 38.3 Å². The van der Waals surface area contributed by atoms with E-state index >= 15 is 0 Å². The maximum absolute atomic E-state index is 11.8. The summed E-state index contributed by atoms with van der Waals surface area (Å²) in [6.45, 7) is 9.89. The number of carboxylic acid groups (broad SMARTS) is 1. The van der Waals surface area contributed by atoms with E-state index in [4.69, 9.17) is 9.84 Å². The number of rotatable bonds is 5. The highest BCUT2D eigenvalue weighted by Gasteiger charge is 2.64. The van der Waals surface area contributed by atoms with E-state index in [1.807, 2.05) is 0 Å². The van der Waals surface area contributed by atoms with Gasteiger partial charge in [0.1, 0.15) is 0 Å². The van der Waals surface area contributed by atoms with Crippen LogP contribution >= 0.6 is 0 Å². The first-order chi connectivity index (χ1) is 9.66. The molecule has 2 fully saturated rings. The molecule has 1 saturated heterocycles. The average molecular weight is 298 g/mol. The number of ether oxygens (including phenoxy) is 1. The first kappa shape index (κ1) is 16.1. The molecular weight excluding hydrogens is 272 g/mol. The Bertz CT molecular complexity index is 419. The Labute approximate surface area is 125 Å². The minimum atomic E-state index is -0.930. The van der Waals surface area contributed by atoms with Crippen molar-refractivity contribution in [2.24, 2.45) is 16.7 Å². The molecule has 3 N–H and O–H groups in total. The van der Waals surface area contributed by atoms with Crippen LogP contribution in [-0.4, -0.2) is 42.4 Å². The van der Waals surface area contributed by atoms with Gasteiger partial charge in [0.15, 0.2) is 6.10 Å². The van der Waals surface area contributed by atoms with Gasteiger partial charge in [0, 0.05) is 13.1 Å². The van der Waals surface area contributed by atoms with Crippen molar-refractivity contribution in [2.45, 2.75) is 52.7 Å². The highest BCUT2D eigenvalue weighted by Crippen LogP contribution is 2.67. The molecule has 2 rings (SSSR count). The third-order valence-electron chi connectivity index (χ3n) is 5.66. The van der Waals surface area contributed by atoms with Gasteiger partial charge in [-0.25, -0.2) is 9.59 Å². The average Bonchev–Trinajstić information content (AvgIpc) is 2.75. The molecule has 2 atom stereocenters. The molecule has 2 aliphatic rings. The van der Waals surface area contributed by atoms with Crippen LogP contribution in [-0.2, 0) is 9.53 Å². The largest absolute Gasteiger partial charge is 0.479 e. The lowest BCUT2D eigenvalue weighted by Crippen LogP contribution is -2.41. The Morgan fingerprint density at radius 2 is 1.67 bits per heavy atom. The zero-order valence-corrected chi connectivity index (χ0v) is 13.2. The van der Waals surface area contributed by atoms with Crippen LogP contribution in [0.25, 0.3) is 0 Å². The molecule has 2 unspecified atom stereocenters. The van der Waals surface area contributed by atoms with Crippen molar-refractivity contribution in [1.29, 1.82) is 0 Å². The van der Waals surface area contributed by atoms with Crippen LogP contribution < -0.4 is 10.6 Å². The van der Waals surface area contributed by atoms with Crippen molar-refractivity contribution in [3.63, 3.8) is 0 Å². The molecule has 1 aliphatic carbocycles. The van der Waals surface area contributed by atoms with Gasteiger partial charge >= 0.3 is 12.0 Å². The zero-order valence-electron chi connectivity index (χ0n) is 13.2. The molecule has 1 heterocycles. The summed E-state index contributed by atoms with van der Waals surface area (Å²) in [7, 11) is 0. The van der Waals surface area contributed by atoms with Crippen molar-refractivity contribution < 1.29 is 19.4 Å². The van der Waals surface area contributed by atoms with Gasteiger partial charge in [-0.05, 0) is 29.6 Å². The Morgan fingerprint density at radius 3 is 2.14 bits per heavy atom. The van der Waals surface area contributed by atoms with Crippen LogP contribution in [0.3, 0.4) is 0 Å². The summed E-state index contributed by atoms with van der Waals surface area (Å²) in [5, 5.41) is 14.5. The van der Waals surface area contributed by atoms with Gasteiger partial charge in [-0.15, -0.1) is 0 Å². The normalized spacial score (nSPS) is 29.9. The summed E-state index contributed by atoms with van der Waals surface area (Å²) in [6.07, 6.45) is 0.242. The number of carbonyl (C=O) groups is 2. The summed E-state index contributed by atoms with van der Waals surface area (Å²) >= 11 is 0. The van der Waals surface area contributed by atoms with Gasteiger partial charge in [-0.1, -0.05) is 27.7 Å². The second-order valence-electron chi connectivity index (χ2n) is 7.25. The third kappa shape index (κ3) is 3.15. The molecule has 0 aromatic rings. The number of amides is 2. The molecule has 21 heavy (non-hydrogen) atoms. The predicted octanol–water partition coefficient (Wildman–Crippen LogP) is 1.60. The topological polar surface area (TPSA) is 87.7 Å². The molecule has 0 spiro atoms. The number of nitrogens with one attached hydrogen (secondary N) is 2. The number of hydrogen-bond acceptors (Lipinski definition) is 3. The number of urea groups is 1. The van der Waals surface area contributed by atoms with E-state index in [0.717, 1.165) is 0 Å². The van der Waals surface area contributed by atoms with E-state index in [0.29, 0.717) is 31.8 Å². The number of carbonyl (C=O) groups excluding carboxylic acids is 1. The van der Waals surface area contributed by atoms with Gasteiger partial charge in [0.2, 0.25) is 0 Å². The van der Waals surface area contributed by atoms with E-state index in [1.165, 1.54) is 0 Å². The van der Waals surface area contributed by atoms with Crippen molar-refractivity contribution >= 4 is 12.0 Å². The molecule has 0 bridgehead atoms. The van der Waals surface area contributed by atoms with Crippen LogP contribution in [0, 0.1) is 16.7 Å². The van der Waals surface area contributed by atoms with Gasteiger partial charge in [-0.2, -0.15) is 0 Å². The third-order valence-corrected chi connectivity index (χ3v) is 5.66. The summed E-state index contributed by atoms with van der Waals surface area (Å²) in [4.78, 5) is 22.5. The Kier molecular flexibility index (Phi) is 4.19. The summed E-state index contributed by atoms with van der Waals surface area (Å²) < 4.78 is 5.34. The van der Waals surface area contributed by atoms with Crippen LogP contribution in [0.2, 0.25) is 0 Å². The van der Waals surface area contributed by atoms with Crippen molar-refractivity contribution in [3.8, 4) is 0 Å². The van der Waals surface area contributed by atoms with Gasteiger partial charge in [0.05, 0.1) is 6.10 Å². The van der Waals surface area contributed by atoms with Crippen molar-refractivity contribution in [1.82, 2.24) is 10.6 Å². The van der Waals surface area contributed by atoms with Crippen molar-refractivity contribution in [2.75, 3.05) is 13.1 Å².